The molecule has 0 bridgehead atoms. The van der Waals surface area contributed by atoms with Gasteiger partial charge in [-0.25, -0.2) is 8.78 Å². The molecule has 5 rings (SSSR count). The number of anilines is 1. The van der Waals surface area contributed by atoms with E-state index in [0.717, 1.165) is 43.5 Å². The van der Waals surface area contributed by atoms with E-state index in [1.165, 1.54) is 0 Å². The summed E-state index contributed by atoms with van der Waals surface area (Å²) < 4.78 is 27.2. The minimum Gasteiger partial charge on any atom is -0.365 e. The summed E-state index contributed by atoms with van der Waals surface area (Å²) in [5.74, 6) is 0.857. The molecule has 5 nitrogen and oxygen atoms in total. The Hall–Kier alpha value is -2.93. The van der Waals surface area contributed by atoms with Crippen LogP contribution in [0, 0.1) is 23.5 Å². The van der Waals surface area contributed by atoms with Crippen LogP contribution >= 0.6 is 0 Å². The maximum atomic E-state index is 13.9. The predicted molar refractivity (Wildman–Crippen MR) is 101 cm³/mol. The zero-order valence-corrected chi connectivity index (χ0v) is 15.1. The van der Waals surface area contributed by atoms with Crippen LogP contribution in [0.25, 0.3) is 11.3 Å². The lowest BCUT2D eigenvalue weighted by molar-refractivity contribution is 0.289. The van der Waals surface area contributed by atoms with Crippen molar-refractivity contribution in [3.63, 3.8) is 0 Å². The van der Waals surface area contributed by atoms with E-state index < -0.39 is 11.6 Å². The first-order valence-corrected chi connectivity index (χ1v) is 9.35. The maximum absolute atomic E-state index is 13.9. The molecule has 1 saturated carbocycles. The minimum absolute atomic E-state index is 0.118. The Bertz CT molecular complexity index is 968. The van der Waals surface area contributed by atoms with Crippen molar-refractivity contribution >= 4 is 5.82 Å². The lowest BCUT2D eigenvalue weighted by Crippen LogP contribution is -2.28. The monoisotopic (exact) mass is 379 g/mol. The summed E-state index contributed by atoms with van der Waals surface area (Å²) in [5.41, 5.74) is 1.53. The van der Waals surface area contributed by atoms with Gasteiger partial charge < -0.3 is 5.32 Å². The lowest BCUT2D eigenvalue weighted by Gasteiger charge is -2.19. The van der Waals surface area contributed by atoms with Gasteiger partial charge in [0.15, 0.2) is 0 Å². The zero-order chi connectivity index (χ0) is 19.1. The molecule has 1 aliphatic carbocycles. The van der Waals surface area contributed by atoms with Gasteiger partial charge in [0.05, 0.1) is 11.4 Å². The highest BCUT2D eigenvalue weighted by atomic mass is 19.1. The van der Waals surface area contributed by atoms with Crippen molar-refractivity contribution in [3.05, 3.63) is 72.1 Å². The SMILES string of the molecule is Fc1ccc(F)c(-c2ccc(NC3[C@H]4CN(Cc5ccccn5)C[C@@H]34)nn2)c1. The molecule has 1 N–H and O–H groups in total. The molecule has 1 aliphatic heterocycles. The third-order valence-corrected chi connectivity index (χ3v) is 5.56. The molecule has 0 radical (unpaired) electrons. The number of likely N-dealkylation sites (tertiary alicyclic amines) is 1. The van der Waals surface area contributed by atoms with Gasteiger partial charge in [-0.2, -0.15) is 0 Å². The van der Waals surface area contributed by atoms with Crippen LogP contribution in [-0.4, -0.2) is 39.2 Å². The molecule has 2 aliphatic rings. The molecule has 3 aromatic rings. The van der Waals surface area contributed by atoms with E-state index in [4.69, 9.17) is 0 Å². The van der Waals surface area contributed by atoms with Crippen LogP contribution in [0.1, 0.15) is 5.69 Å². The van der Waals surface area contributed by atoms with Gasteiger partial charge in [0.1, 0.15) is 17.5 Å². The summed E-state index contributed by atoms with van der Waals surface area (Å²) in [7, 11) is 0. The molecule has 142 valence electrons. The molecule has 1 unspecified atom stereocenters. The number of benzene rings is 1. The Morgan fingerprint density at radius 1 is 1.00 bits per heavy atom. The summed E-state index contributed by atoms with van der Waals surface area (Å²) in [6, 6.07) is 13.1. The molecule has 3 heterocycles. The topological polar surface area (TPSA) is 53.9 Å². The first-order chi connectivity index (χ1) is 13.7. The summed E-state index contributed by atoms with van der Waals surface area (Å²) >= 11 is 0. The molecule has 28 heavy (non-hydrogen) atoms. The molecular formula is C21H19F2N5. The first-order valence-electron chi connectivity index (χ1n) is 9.35. The quantitative estimate of drug-likeness (QED) is 0.737. The molecule has 1 aromatic carbocycles. The van der Waals surface area contributed by atoms with Crippen LogP contribution in [-0.2, 0) is 6.54 Å². The van der Waals surface area contributed by atoms with Crippen molar-refractivity contribution in [3.8, 4) is 11.3 Å². The average molecular weight is 379 g/mol. The highest BCUT2D eigenvalue weighted by molar-refractivity contribution is 5.60. The van der Waals surface area contributed by atoms with Gasteiger partial charge >= 0.3 is 0 Å². The molecule has 2 fully saturated rings. The number of pyridine rings is 1. The number of hydrogen-bond acceptors (Lipinski definition) is 5. The first kappa shape index (κ1) is 17.2. The zero-order valence-electron chi connectivity index (χ0n) is 15.1. The number of halogens is 2. The van der Waals surface area contributed by atoms with Crippen LogP contribution in [0.2, 0.25) is 0 Å². The van der Waals surface area contributed by atoms with Crippen LogP contribution in [0.4, 0.5) is 14.6 Å². The fourth-order valence-corrected chi connectivity index (χ4v) is 4.10. The lowest BCUT2D eigenvalue weighted by atomic mass is 10.1. The maximum Gasteiger partial charge on any atom is 0.148 e. The van der Waals surface area contributed by atoms with E-state index in [1.807, 2.05) is 18.3 Å². The van der Waals surface area contributed by atoms with Crippen molar-refractivity contribution < 1.29 is 8.78 Å². The highest BCUT2D eigenvalue weighted by Crippen LogP contribution is 2.47. The van der Waals surface area contributed by atoms with Crippen molar-refractivity contribution in [2.24, 2.45) is 11.8 Å². The van der Waals surface area contributed by atoms with E-state index in [-0.39, 0.29) is 5.56 Å². The second-order valence-corrected chi connectivity index (χ2v) is 7.44. The summed E-state index contributed by atoms with van der Waals surface area (Å²) in [6.45, 7) is 2.96. The largest absolute Gasteiger partial charge is 0.365 e. The van der Waals surface area contributed by atoms with Gasteiger partial charge in [-0.15, -0.1) is 10.2 Å². The van der Waals surface area contributed by atoms with Gasteiger partial charge in [0.2, 0.25) is 0 Å². The summed E-state index contributed by atoms with van der Waals surface area (Å²) in [5, 5.41) is 11.6. The van der Waals surface area contributed by atoms with E-state index >= 15 is 0 Å². The van der Waals surface area contributed by atoms with Crippen molar-refractivity contribution in [2.45, 2.75) is 12.6 Å². The Morgan fingerprint density at radius 2 is 1.86 bits per heavy atom. The molecule has 0 amide bonds. The third kappa shape index (κ3) is 3.33. The second kappa shape index (κ2) is 6.91. The van der Waals surface area contributed by atoms with E-state index in [0.29, 0.717) is 29.4 Å². The Balaban J connectivity index is 1.18. The van der Waals surface area contributed by atoms with Crippen LogP contribution < -0.4 is 5.32 Å². The van der Waals surface area contributed by atoms with Crippen LogP contribution in [0.5, 0.6) is 0 Å². The Kier molecular flexibility index (Phi) is 4.24. The van der Waals surface area contributed by atoms with E-state index in [2.05, 4.69) is 31.5 Å². The van der Waals surface area contributed by atoms with Crippen LogP contribution in [0.15, 0.2) is 54.7 Å². The second-order valence-electron chi connectivity index (χ2n) is 7.44. The Morgan fingerprint density at radius 3 is 2.57 bits per heavy atom. The van der Waals surface area contributed by atoms with Gasteiger partial charge in [0.25, 0.3) is 0 Å². The molecule has 7 heteroatoms. The van der Waals surface area contributed by atoms with Gasteiger partial charge in [0, 0.05) is 37.4 Å². The summed E-state index contributed by atoms with van der Waals surface area (Å²) in [6.07, 6.45) is 1.83. The van der Waals surface area contributed by atoms with Crippen molar-refractivity contribution in [1.82, 2.24) is 20.1 Å². The third-order valence-electron chi connectivity index (χ3n) is 5.56. The van der Waals surface area contributed by atoms with Crippen molar-refractivity contribution in [2.75, 3.05) is 18.4 Å². The predicted octanol–water partition coefficient (Wildman–Crippen LogP) is 3.36. The normalized spacial score (nSPS) is 23.4. The standard InChI is InChI=1S/C21H19F2N5/c22-13-4-5-18(23)15(9-13)19-6-7-20(27-26-19)25-21-16-11-28(12-17(16)21)10-14-3-1-2-8-24-14/h1-9,16-17,21H,10-12H2,(H,25,27)/t16-,17+,21?. The fourth-order valence-electron chi connectivity index (χ4n) is 4.10. The fraction of sp³-hybridized carbons (Fsp3) is 0.286. The smallest absolute Gasteiger partial charge is 0.148 e. The number of piperidine rings is 1. The van der Waals surface area contributed by atoms with Gasteiger partial charge in [-0.05, 0) is 54.3 Å². The highest BCUT2D eigenvalue weighted by Gasteiger charge is 2.55. The van der Waals surface area contributed by atoms with Gasteiger partial charge in [-0.1, -0.05) is 6.07 Å². The number of aromatic nitrogens is 3. The Labute approximate surface area is 161 Å². The van der Waals surface area contributed by atoms with E-state index in [9.17, 15) is 8.78 Å². The molecular weight excluding hydrogens is 360 g/mol. The number of rotatable bonds is 5. The van der Waals surface area contributed by atoms with Gasteiger partial charge in [-0.3, -0.25) is 9.88 Å². The molecule has 3 atom stereocenters. The number of fused-ring (bicyclic) bond motifs is 1. The van der Waals surface area contributed by atoms with E-state index in [1.54, 1.807) is 12.1 Å². The minimum atomic E-state index is -0.513. The summed E-state index contributed by atoms with van der Waals surface area (Å²) in [4.78, 5) is 6.82. The molecule has 0 spiro atoms. The number of nitrogens with one attached hydrogen (secondary N) is 1. The molecule has 1 saturated heterocycles. The number of nitrogens with zero attached hydrogens (tertiary/aromatic N) is 4. The number of hydrogen-bond donors (Lipinski definition) is 1. The van der Waals surface area contributed by atoms with Crippen molar-refractivity contribution in [1.29, 1.82) is 0 Å². The van der Waals surface area contributed by atoms with Crippen LogP contribution in [0.3, 0.4) is 0 Å². The molecule has 2 aromatic heterocycles. The average Bonchev–Trinajstić information content (AvgIpc) is 3.15.